The molecule has 1 saturated heterocycles. The van der Waals surface area contributed by atoms with Gasteiger partial charge in [0.25, 0.3) is 0 Å². The van der Waals surface area contributed by atoms with Crippen molar-refractivity contribution in [1.82, 2.24) is 4.98 Å². The van der Waals surface area contributed by atoms with Gasteiger partial charge in [-0.1, -0.05) is 24.3 Å². The molecule has 2 aromatic rings. The molecule has 0 N–H and O–H groups in total. The third-order valence-corrected chi connectivity index (χ3v) is 3.49. The van der Waals surface area contributed by atoms with Gasteiger partial charge in [-0.15, -0.1) is 0 Å². The van der Waals surface area contributed by atoms with Crippen molar-refractivity contribution in [3.8, 4) is 5.88 Å². The summed E-state index contributed by atoms with van der Waals surface area (Å²) in [5.41, 5.74) is 1.30. The van der Waals surface area contributed by atoms with Gasteiger partial charge in [-0.3, -0.25) is 0 Å². The molecule has 0 unspecified atom stereocenters. The first-order chi connectivity index (χ1) is 9.42. The molecule has 0 aliphatic carbocycles. The number of benzene rings is 1. The Morgan fingerprint density at radius 3 is 2.37 bits per heavy atom. The van der Waals surface area contributed by atoms with Crippen LogP contribution in [0.1, 0.15) is 12.8 Å². The summed E-state index contributed by atoms with van der Waals surface area (Å²) < 4.78 is 5.90. The normalized spacial score (nSPS) is 16.3. The lowest BCUT2D eigenvalue weighted by Crippen LogP contribution is -2.38. The second-order valence-corrected chi connectivity index (χ2v) is 4.81. The Bertz CT molecular complexity index is 493. The Labute approximate surface area is 113 Å². The molecule has 0 saturated carbocycles. The zero-order chi connectivity index (χ0) is 12.9. The Morgan fingerprint density at radius 2 is 1.68 bits per heavy atom. The van der Waals surface area contributed by atoms with Crippen LogP contribution in [0.25, 0.3) is 0 Å². The topological polar surface area (TPSA) is 25.4 Å². The van der Waals surface area contributed by atoms with E-state index in [0.717, 1.165) is 31.8 Å². The maximum Gasteiger partial charge on any atom is 0.213 e. The lowest BCUT2D eigenvalue weighted by molar-refractivity contribution is 0.164. The van der Waals surface area contributed by atoms with Crippen molar-refractivity contribution in [1.29, 1.82) is 0 Å². The number of pyridine rings is 1. The van der Waals surface area contributed by atoms with Crippen LogP contribution < -0.4 is 9.64 Å². The van der Waals surface area contributed by atoms with Crippen LogP contribution in [0, 0.1) is 0 Å². The molecule has 1 aromatic heterocycles. The van der Waals surface area contributed by atoms with E-state index in [1.165, 1.54) is 5.69 Å². The number of para-hydroxylation sites is 1. The first-order valence-corrected chi connectivity index (χ1v) is 6.79. The van der Waals surface area contributed by atoms with Crippen molar-refractivity contribution < 1.29 is 4.74 Å². The third-order valence-electron chi connectivity index (χ3n) is 3.49. The van der Waals surface area contributed by atoms with Gasteiger partial charge in [-0.2, -0.15) is 0 Å². The smallest absolute Gasteiger partial charge is 0.213 e. The molecule has 0 bridgehead atoms. The molecule has 0 amide bonds. The molecule has 3 heteroatoms. The number of nitrogens with zero attached hydrogens (tertiary/aromatic N) is 2. The van der Waals surface area contributed by atoms with Crippen LogP contribution in [0.5, 0.6) is 5.88 Å². The number of anilines is 1. The lowest BCUT2D eigenvalue weighted by atomic mass is 10.1. The highest BCUT2D eigenvalue weighted by atomic mass is 16.5. The summed E-state index contributed by atoms with van der Waals surface area (Å²) in [6, 6.07) is 16.4. The highest BCUT2D eigenvalue weighted by Gasteiger charge is 2.20. The van der Waals surface area contributed by atoms with Crippen LogP contribution in [0.4, 0.5) is 5.69 Å². The van der Waals surface area contributed by atoms with Crippen molar-refractivity contribution in [2.45, 2.75) is 18.9 Å². The van der Waals surface area contributed by atoms with Crippen molar-refractivity contribution in [2.75, 3.05) is 18.0 Å². The highest BCUT2D eigenvalue weighted by molar-refractivity contribution is 5.46. The van der Waals surface area contributed by atoms with E-state index in [9.17, 15) is 0 Å². The summed E-state index contributed by atoms with van der Waals surface area (Å²) >= 11 is 0. The first-order valence-electron chi connectivity index (χ1n) is 6.79. The van der Waals surface area contributed by atoms with Gasteiger partial charge < -0.3 is 9.64 Å². The fraction of sp³-hybridized carbons (Fsp3) is 0.312. The second-order valence-electron chi connectivity index (χ2n) is 4.81. The number of piperidine rings is 1. The molecule has 0 spiro atoms. The molecule has 1 aliphatic rings. The predicted molar refractivity (Wildman–Crippen MR) is 76.5 cm³/mol. The van der Waals surface area contributed by atoms with Gasteiger partial charge in [0.05, 0.1) is 0 Å². The van der Waals surface area contributed by atoms with Crippen LogP contribution in [0.2, 0.25) is 0 Å². The molecule has 98 valence electrons. The minimum atomic E-state index is 0.287. The molecular weight excluding hydrogens is 236 g/mol. The largest absolute Gasteiger partial charge is 0.474 e. The van der Waals surface area contributed by atoms with Crippen molar-refractivity contribution in [3.05, 3.63) is 54.7 Å². The molecule has 19 heavy (non-hydrogen) atoms. The summed E-state index contributed by atoms with van der Waals surface area (Å²) in [5.74, 6) is 0.737. The monoisotopic (exact) mass is 254 g/mol. The number of ether oxygens (including phenoxy) is 1. The summed E-state index contributed by atoms with van der Waals surface area (Å²) in [6.45, 7) is 2.09. The number of hydrogen-bond acceptors (Lipinski definition) is 3. The maximum absolute atomic E-state index is 5.90. The quantitative estimate of drug-likeness (QED) is 0.841. The van der Waals surface area contributed by atoms with Gasteiger partial charge in [-0.05, 0) is 18.2 Å². The maximum atomic E-state index is 5.90. The zero-order valence-electron chi connectivity index (χ0n) is 10.9. The lowest BCUT2D eigenvalue weighted by Gasteiger charge is -2.33. The summed E-state index contributed by atoms with van der Waals surface area (Å²) in [5, 5.41) is 0. The molecule has 0 radical (unpaired) electrons. The number of aromatic nitrogens is 1. The molecule has 2 heterocycles. The highest BCUT2D eigenvalue weighted by Crippen LogP contribution is 2.21. The van der Waals surface area contributed by atoms with E-state index < -0.39 is 0 Å². The fourth-order valence-electron chi connectivity index (χ4n) is 2.46. The van der Waals surface area contributed by atoms with Gasteiger partial charge in [0, 0.05) is 43.9 Å². The molecule has 1 aromatic carbocycles. The average molecular weight is 254 g/mol. The van der Waals surface area contributed by atoms with Crippen molar-refractivity contribution in [3.63, 3.8) is 0 Å². The molecular formula is C16H18N2O. The second kappa shape index (κ2) is 5.74. The molecule has 3 rings (SSSR count). The summed E-state index contributed by atoms with van der Waals surface area (Å²) in [4.78, 5) is 6.63. The molecule has 1 aliphatic heterocycles. The van der Waals surface area contributed by atoms with E-state index in [2.05, 4.69) is 40.2 Å². The Kier molecular flexibility index (Phi) is 3.63. The zero-order valence-corrected chi connectivity index (χ0v) is 10.9. The van der Waals surface area contributed by atoms with Crippen LogP contribution in [-0.2, 0) is 0 Å². The van der Waals surface area contributed by atoms with E-state index >= 15 is 0 Å². The Hall–Kier alpha value is -2.03. The van der Waals surface area contributed by atoms with Gasteiger partial charge in [0.15, 0.2) is 0 Å². The number of rotatable bonds is 3. The molecule has 0 atom stereocenters. The Balaban J connectivity index is 1.55. The minimum absolute atomic E-state index is 0.287. The predicted octanol–water partition coefficient (Wildman–Crippen LogP) is 3.13. The van der Waals surface area contributed by atoms with E-state index in [1.807, 2.05) is 18.2 Å². The molecule has 3 nitrogen and oxygen atoms in total. The molecule has 1 fully saturated rings. The summed E-state index contributed by atoms with van der Waals surface area (Å²) in [6.07, 6.45) is 4.15. The Morgan fingerprint density at radius 1 is 0.947 bits per heavy atom. The van der Waals surface area contributed by atoms with Crippen LogP contribution >= 0.6 is 0 Å². The van der Waals surface area contributed by atoms with Crippen LogP contribution in [0.3, 0.4) is 0 Å². The van der Waals surface area contributed by atoms with E-state index in [0.29, 0.717) is 0 Å². The average Bonchev–Trinajstić information content (AvgIpc) is 2.50. The van der Waals surface area contributed by atoms with Gasteiger partial charge in [0.2, 0.25) is 5.88 Å². The summed E-state index contributed by atoms with van der Waals surface area (Å²) in [7, 11) is 0. The van der Waals surface area contributed by atoms with E-state index in [-0.39, 0.29) is 6.10 Å². The van der Waals surface area contributed by atoms with Gasteiger partial charge in [-0.25, -0.2) is 4.98 Å². The number of hydrogen-bond donors (Lipinski definition) is 0. The van der Waals surface area contributed by atoms with E-state index in [1.54, 1.807) is 6.20 Å². The van der Waals surface area contributed by atoms with Crippen molar-refractivity contribution in [2.24, 2.45) is 0 Å². The first kappa shape index (κ1) is 12.0. The van der Waals surface area contributed by atoms with Gasteiger partial charge >= 0.3 is 0 Å². The fourth-order valence-corrected chi connectivity index (χ4v) is 2.46. The SMILES string of the molecule is c1ccc(N2CCC(Oc3ccccn3)CC2)cc1. The van der Waals surface area contributed by atoms with Crippen LogP contribution in [-0.4, -0.2) is 24.2 Å². The van der Waals surface area contributed by atoms with E-state index in [4.69, 9.17) is 4.74 Å². The van der Waals surface area contributed by atoms with Crippen LogP contribution in [0.15, 0.2) is 54.7 Å². The van der Waals surface area contributed by atoms with Gasteiger partial charge in [0.1, 0.15) is 6.10 Å². The minimum Gasteiger partial charge on any atom is -0.474 e. The standard InChI is InChI=1S/C16H18N2O/c1-2-6-14(7-3-1)18-12-9-15(10-13-18)19-16-8-4-5-11-17-16/h1-8,11,15H,9-10,12-13H2. The third kappa shape index (κ3) is 3.05. The van der Waals surface area contributed by atoms with Crippen molar-refractivity contribution >= 4 is 5.69 Å².